The van der Waals surface area contributed by atoms with Crippen molar-refractivity contribution in [3.63, 3.8) is 0 Å². The highest BCUT2D eigenvalue weighted by atomic mass is 35.5. The van der Waals surface area contributed by atoms with Gasteiger partial charge < -0.3 is 10.2 Å². The van der Waals surface area contributed by atoms with Gasteiger partial charge in [0.1, 0.15) is 11.2 Å². The first-order valence-corrected chi connectivity index (χ1v) is 8.75. The summed E-state index contributed by atoms with van der Waals surface area (Å²) >= 11 is 13.5. The van der Waals surface area contributed by atoms with E-state index in [4.69, 9.17) is 23.2 Å². The predicted molar refractivity (Wildman–Crippen MR) is 93.8 cm³/mol. The lowest BCUT2D eigenvalue weighted by Gasteiger charge is -2.24. The van der Waals surface area contributed by atoms with E-state index in [1.807, 2.05) is 6.07 Å². The zero-order valence-corrected chi connectivity index (χ0v) is 14.3. The van der Waals surface area contributed by atoms with Crippen LogP contribution in [0.5, 0.6) is 0 Å². The van der Waals surface area contributed by atoms with Gasteiger partial charge in [-0.1, -0.05) is 35.3 Å². The Labute approximate surface area is 147 Å². The van der Waals surface area contributed by atoms with Crippen LogP contribution < -0.4 is 5.32 Å². The second kappa shape index (κ2) is 6.99. The third kappa shape index (κ3) is 3.74. The van der Waals surface area contributed by atoms with Gasteiger partial charge in [-0.05, 0) is 35.9 Å². The Bertz CT molecular complexity index is 744. The van der Waals surface area contributed by atoms with Gasteiger partial charge >= 0.3 is 6.03 Å². The van der Waals surface area contributed by atoms with Crippen molar-refractivity contribution in [3.8, 4) is 0 Å². The topological polar surface area (TPSA) is 32.3 Å². The van der Waals surface area contributed by atoms with Gasteiger partial charge in [0.2, 0.25) is 0 Å². The maximum atomic E-state index is 13.4. The Morgan fingerprint density at radius 3 is 2.83 bits per heavy atom. The van der Waals surface area contributed by atoms with Gasteiger partial charge in [0, 0.05) is 17.3 Å². The van der Waals surface area contributed by atoms with E-state index < -0.39 is 0 Å². The minimum atomic E-state index is -0.309. The molecule has 1 N–H and O–H groups in total. The largest absolute Gasteiger partial charge is 0.323 e. The fraction of sp³-hybridized carbons (Fsp3) is 0.188. The minimum Gasteiger partial charge on any atom is -0.308 e. The number of rotatable bonds is 2. The van der Waals surface area contributed by atoms with Crippen LogP contribution in [0.2, 0.25) is 10.0 Å². The van der Waals surface area contributed by atoms with E-state index in [0.29, 0.717) is 22.3 Å². The Balaban J connectivity index is 1.78. The number of thioether (sulfide) groups is 1. The lowest BCUT2D eigenvalue weighted by atomic mass is 10.2. The molecule has 3 rings (SSSR count). The fourth-order valence-electron chi connectivity index (χ4n) is 2.39. The molecule has 2 amide bonds. The summed E-state index contributed by atoms with van der Waals surface area (Å²) in [5, 5.41) is 3.45. The summed E-state index contributed by atoms with van der Waals surface area (Å²) in [6, 6.07) is 10.9. The number of benzene rings is 2. The molecule has 1 saturated heterocycles. The van der Waals surface area contributed by atoms with E-state index in [-0.39, 0.29) is 17.2 Å². The van der Waals surface area contributed by atoms with Crippen LogP contribution in [0.1, 0.15) is 10.9 Å². The zero-order chi connectivity index (χ0) is 16.4. The van der Waals surface area contributed by atoms with Gasteiger partial charge in [-0.15, -0.1) is 11.8 Å². The Hall–Kier alpha value is -1.43. The highest BCUT2D eigenvalue weighted by Gasteiger charge is 2.31. The lowest BCUT2D eigenvalue weighted by molar-refractivity contribution is 0.214. The van der Waals surface area contributed by atoms with Gasteiger partial charge in [-0.25, -0.2) is 9.18 Å². The average molecular weight is 371 g/mol. The summed E-state index contributed by atoms with van der Waals surface area (Å²) in [4.78, 5) is 14.2. The highest BCUT2D eigenvalue weighted by molar-refractivity contribution is 7.99. The molecule has 1 aliphatic rings. The smallest absolute Gasteiger partial charge is 0.308 e. The highest BCUT2D eigenvalue weighted by Crippen LogP contribution is 2.38. The summed E-state index contributed by atoms with van der Waals surface area (Å²) < 4.78 is 13.4. The van der Waals surface area contributed by atoms with E-state index in [1.165, 1.54) is 12.1 Å². The van der Waals surface area contributed by atoms with Crippen molar-refractivity contribution in [2.24, 2.45) is 0 Å². The second-order valence-corrected chi connectivity index (χ2v) is 7.06. The lowest BCUT2D eigenvalue weighted by Crippen LogP contribution is -2.34. The number of carbonyl (C=O) groups excluding carboxylic acids is 1. The van der Waals surface area contributed by atoms with Gasteiger partial charge in [-0.2, -0.15) is 0 Å². The van der Waals surface area contributed by atoms with Gasteiger partial charge in [0.05, 0.1) is 10.7 Å². The molecule has 120 valence electrons. The van der Waals surface area contributed by atoms with Gasteiger partial charge in [0.25, 0.3) is 0 Å². The second-order valence-electron chi connectivity index (χ2n) is 5.03. The molecule has 1 unspecified atom stereocenters. The van der Waals surface area contributed by atoms with E-state index >= 15 is 0 Å². The molecule has 0 spiro atoms. The van der Waals surface area contributed by atoms with E-state index in [0.717, 1.165) is 11.3 Å². The van der Waals surface area contributed by atoms with E-state index in [1.54, 1.807) is 40.9 Å². The fourth-order valence-corrected chi connectivity index (χ4v) is 4.09. The van der Waals surface area contributed by atoms with Crippen molar-refractivity contribution in [2.45, 2.75) is 5.37 Å². The summed E-state index contributed by atoms with van der Waals surface area (Å²) in [6.07, 6.45) is 0. The number of nitrogens with zero attached hydrogens (tertiary/aromatic N) is 1. The molecule has 3 nitrogen and oxygen atoms in total. The number of nitrogens with one attached hydrogen (secondary N) is 1. The number of urea groups is 1. The van der Waals surface area contributed by atoms with Crippen molar-refractivity contribution in [1.82, 2.24) is 4.90 Å². The van der Waals surface area contributed by atoms with Crippen molar-refractivity contribution < 1.29 is 9.18 Å². The molecular weight excluding hydrogens is 358 g/mol. The standard InChI is InChI=1S/C16H13Cl2FN2OS/c17-11-4-5-14(13(18)9-11)20-16(22)21-6-7-23-15(21)10-2-1-3-12(19)8-10/h1-5,8-9,15H,6-7H2,(H,20,22). The molecule has 7 heteroatoms. The quantitative estimate of drug-likeness (QED) is 0.765. The first-order valence-electron chi connectivity index (χ1n) is 6.94. The van der Waals surface area contributed by atoms with Crippen LogP contribution in [0.15, 0.2) is 42.5 Å². The third-order valence-corrected chi connectivity index (χ3v) is 5.27. The molecular formula is C16H13Cl2FN2OS. The van der Waals surface area contributed by atoms with Gasteiger partial charge in [0.15, 0.2) is 0 Å². The molecule has 1 aliphatic heterocycles. The summed E-state index contributed by atoms with van der Waals surface area (Å²) in [5.41, 5.74) is 1.26. The number of halogens is 3. The summed E-state index contributed by atoms with van der Waals surface area (Å²) in [6.45, 7) is 0.586. The molecule has 1 atom stereocenters. The number of hydrogen-bond acceptors (Lipinski definition) is 2. The summed E-state index contributed by atoms with van der Waals surface area (Å²) in [7, 11) is 0. The maximum absolute atomic E-state index is 13.4. The van der Waals surface area contributed by atoms with Crippen LogP contribution >= 0.6 is 35.0 Å². The monoisotopic (exact) mass is 370 g/mol. The molecule has 2 aromatic rings. The SMILES string of the molecule is O=C(Nc1ccc(Cl)cc1Cl)N1CCSC1c1cccc(F)c1. The molecule has 0 saturated carbocycles. The number of hydrogen-bond donors (Lipinski definition) is 1. The number of carbonyl (C=O) groups is 1. The van der Waals surface area contributed by atoms with Crippen LogP contribution in [0.4, 0.5) is 14.9 Å². The molecule has 23 heavy (non-hydrogen) atoms. The first kappa shape index (κ1) is 16.4. The Kier molecular flexibility index (Phi) is 4.99. The van der Waals surface area contributed by atoms with Crippen LogP contribution in [0.25, 0.3) is 0 Å². The molecule has 2 aromatic carbocycles. The molecule has 0 radical (unpaired) electrons. The molecule has 0 aromatic heterocycles. The third-order valence-electron chi connectivity index (χ3n) is 3.46. The van der Waals surface area contributed by atoms with Crippen LogP contribution in [0.3, 0.4) is 0 Å². The Morgan fingerprint density at radius 2 is 2.09 bits per heavy atom. The molecule has 1 fully saturated rings. The predicted octanol–water partition coefficient (Wildman–Crippen LogP) is 5.41. The van der Waals surface area contributed by atoms with E-state index in [2.05, 4.69) is 5.32 Å². The van der Waals surface area contributed by atoms with Crippen molar-refractivity contribution >= 4 is 46.7 Å². The minimum absolute atomic E-state index is 0.211. The molecule has 0 aliphatic carbocycles. The van der Waals surface area contributed by atoms with E-state index in [9.17, 15) is 9.18 Å². The first-order chi connectivity index (χ1) is 11.0. The van der Waals surface area contributed by atoms with Gasteiger partial charge in [-0.3, -0.25) is 0 Å². The average Bonchev–Trinajstić information content (AvgIpc) is 2.99. The van der Waals surface area contributed by atoms with Crippen LogP contribution in [-0.4, -0.2) is 23.2 Å². The van der Waals surface area contributed by atoms with Crippen LogP contribution in [0, 0.1) is 5.82 Å². The van der Waals surface area contributed by atoms with Crippen molar-refractivity contribution in [1.29, 1.82) is 0 Å². The summed E-state index contributed by atoms with van der Waals surface area (Å²) in [5.74, 6) is 0.485. The normalized spacial score (nSPS) is 17.3. The maximum Gasteiger partial charge on any atom is 0.323 e. The molecule has 0 bridgehead atoms. The number of amides is 2. The van der Waals surface area contributed by atoms with Crippen molar-refractivity contribution in [3.05, 3.63) is 63.9 Å². The Morgan fingerprint density at radius 1 is 1.26 bits per heavy atom. The number of anilines is 1. The molecule has 1 heterocycles. The van der Waals surface area contributed by atoms with Crippen molar-refractivity contribution in [2.75, 3.05) is 17.6 Å². The van der Waals surface area contributed by atoms with Crippen LogP contribution in [-0.2, 0) is 0 Å². The zero-order valence-electron chi connectivity index (χ0n) is 11.9.